The monoisotopic (exact) mass is 260 g/mol. The minimum absolute atomic E-state index is 0.259. The van der Waals surface area contributed by atoms with Gasteiger partial charge < -0.3 is 19.9 Å². The number of benzene rings is 1. The Labute approximate surface area is 110 Å². The van der Waals surface area contributed by atoms with E-state index in [1.54, 1.807) is 4.57 Å². The fourth-order valence-corrected chi connectivity index (χ4v) is 2.43. The van der Waals surface area contributed by atoms with Crippen LogP contribution < -0.4 is 0 Å². The zero-order valence-corrected chi connectivity index (χ0v) is 10.3. The van der Waals surface area contributed by atoms with E-state index in [1.165, 1.54) is 0 Å². The molecule has 3 rings (SSSR count). The summed E-state index contributed by atoms with van der Waals surface area (Å²) in [5.41, 5.74) is 1.95. The van der Waals surface area contributed by atoms with Crippen LogP contribution in [-0.2, 0) is 13.0 Å². The highest BCUT2D eigenvalue weighted by Gasteiger charge is 2.35. The minimum Gasteiger partial charge on any atom is -0.388 e. The van der Waals surface area contributed by atoms with Gasteiger partial charge in [0.05, 0.1) is 12.2 Å². The summed E-state index contributed by atoms with van der Waals surface area (Å²) in [5.74, 6) is 0.420. The molecule has 2 aromatic rings. The van der Waals surface area contributed by atoms with Gasteiger partial charge in [0.15, 0.2) is 0 Å². The first-order valence-corrected chi connectivity index (χ1v) is 6.29. The minimum atomic E-state index is -1.17. The van der Waals surface area contributed by atoms with E-state index >= 15 is 0 Å². The Morgan fingerprint density at radius 2 is 1.89 bits per heavy atom. The van der Waals surface area contributed by atoms with Gasteiger partial charge in [0.2, 0.25) is 0 Å². The molecule has 1 aliphatic heterocycles. The second-order valence-corrected chi connectivity index (χ2v) is 4.91. The molecule has 3 N–H and O–H groups in total. The third-order valence-corrected chi connectivity index (χ3v) is 3.45. The lowest BCUT2D eigenvalue weighted by Gasteiger charge is -2.28. The summed E-state index contributed by atoms with van der Waals surface area (Å²) >= 11 is 0. The quantitative estimate of drug-likeness (QED) is 0.723. The fraction of sp³-hybridized carbons (Fsp3) is 0.357. The second-order valence-electron chi connectivity index (χ2n) is 4.91. The van der Waals surface area contributed by atoms with Crippen LogP contribution in [0.3, 0.4) is 0 Å². The number of hydrogen-bond donors (Lipinski definition) is 3. The van der Waals surface area contributed by atoms with Crippen LogP contribution in [0.25, 0.3) is 0 Å². The third-order valence-electron chi connectivity index (χ3n) is 3.45. The summed E-state index contributed by atoms with van der Waals surface area (Å²) in [6, 6.07) is 9.91. The average Bonchev–Trinajstić information content (AvgIpc) is 2.80. The number of aliphatic hydroxyl groups is 3. The summed E-state index contributed by atoms with van der Waals surface area (Å²) in [6.07, 6.45) is -0.769. The topological polar surface area (TPSA) is 78.5 Å². The van der Waals surface area contributed by atoms with Crippen molar-refractivity contribution in [2.45, 2.75) is 31.3 Å². The molecule has 0 amide bonds. The van der Waals surface area contributed by atoms with Gasteiger partial charge in [0, 0.05) is 12.6 Å². The average molecular weight is 260 g/mol. The standard InChI is InChI=1S/C14H16N2O3/c17-11-8-16-7-10(6-9-4-2-1-3-5-9)15-14(16)13(19)12(11)18/h1-5,7,11-13,17-19H,6,8H2/t11-,12-,13+/m0/s1. The van der Waals surface area contributed by atoms with Crippen molar-refractivity contribution in [3.05, 3.63) is 53.6 Å². The van der Waals surface area contributed by atoms with Gasteiger partial charge in [0.25, 0.3) is 0 Å². The molecule has 3 atom stereocenters. The number of aliphatic hydroxyl groups excluding tert-OH is 3. The number of hydrogen-bond acceptors (Lipinski definition) is 4. The van der Waals surface area contributed by atoms with Crippen molar-refractivity contribution in [3.8, 4) is 0 Å². The molecule has 19 heavy (non-hydrogen) atoms. The highest BCUT2D eigenvalue weighted by atomic mass is 16.4. The van der Waals surface area contributed by atoms with Crippen molar-refractivity contribution in [1.82, 2.24) is 9.55 Å². The number of fused-ring (bicyclic) bond motifs is 1. The van der Waals surface area contributed by atoms with Gasteiger partial charge >= 0.3 is 0 Å². The number of nitrogens with zero attached hydrogens (tertiary/aromatic N) is 2. The molecule has 0 fully saturated rings. The maximum atomic E-state index is 9.89. The summed E-state index contributed by atoms with van der Waals surface area (Å²) in [6.45, 7) is 0.259. The summed E-state index contributed by atoms with van der Waals surface area (Å²) in [5, 5.41) is 29.2. The lowest BCUT2D eigenvalue weighted by Crippen LogP contribution is -2.41. The zero-order chi connectivity index (χ0) is 13.4. The molecule has 0 aliphatic carbocycles. The van der Waals surface area contributed by atoms with Gasteiger partial charge in [-0.25, -0.2) is 4.98 Å². The van der Waals surface area contributed by atoms with E-state index in [2.05, 4.69) is 4.98 Å². The van der Waals surface area contributed by atoms with Crippen LogP contribution in [-0.4, -0.2) is 37.1 Å². The van der Waals surface area contributed by atoms with Crippen LogP contribution in [0.5, 0.6) is 0 Å². The van der Waals surface area contributed by atoms with Crippen LogP contribution in [0, 0.1) is 0 Å². The van der Waals surface area contributed by atoms with Gasteiger partial charge in [-0.05, 0) is 5.56 Å². The Kier molecular flexibility index (Phi) is 3.10. The van der Waals surface area contributed by atoms with Crippen LogP contribution in [0.4, 0.5) is 0 Å². The zero-order valence-electron chi connectivity index (χ0n) is 10.3. The van der Waals surface area contributed by atoms with Gasteiger partial charge in [-0.15, -0.1) is 0 Å². The molecule has 0 spiro atoms. The van der Waals surface area contributed by atoms with Crippen LogP contribution in [0.15, 0.2) is 36.5 Å². The largest absolute Gasteiger partial charge is 0.388 e. The smallest absolute Gasteiger partial charge is 0.140 e. The highest BCUT2D eigenvalue weighted by Crippen LogP contribution is 2.25. The number of rotatable bonds is 2. The van der Waals surface area contributed by atoms with E-state index in [1.807, 2.05) is 36.5 Å². The molecule has 2 heterocycles. The van der Waals surface area contributed by atoms with Gasteiger partial charge in [-0.2, -0.15) is 0 Å². The molecule has 1 aliphatic rings. The van der Waals surface area contributed by atoms with E-state index < -0.39 is 18.3 Å². The van der Waals surface area contributed by atoms with Crippen molar-refractivity contribution in [1.29, 1.82) is 0 Å². The van der Waals surface area contributed by atoms with E-state index in [0.29, 0.717) is 12.2 Å². The van der Waals surface area contributed by atoms with E-state index in [-0.39, 0.29) is 6.54 Å². The first kappa shape index (κ1) is 12.3. The molecule has 1 aromatic carbocycles. The van der Waals surface area contributed by atoms with Gasteiger partial charge in [-0.1, -0.05) is 30.3 Å². The van der Waals surface area contributed by atoms with Crippen molar-refractivity contribution in [2.24, 2.45) is 0 Å². The van der Waals surface area contributed by atoms with Crippen molar-refractivity contribution < 1.29 is 15.3 Å². The summed E-state index contributed by atoms with van der Waals surface area (Å²) in [4.78, 5) is 4.35. The summed E-state index contributed by atoms with van der Waals surface area (Å²) in [7, 11) is 0. The molecule has 100 valence electrons. The molecule has 0 saturated heterocycles. The fourth-order valence-electron chi connectivity index (χ4n) is 2.43. The van der Waals surface area contributed by atoms with Crippen LogP contribution in [0.2, 0.25) is 0 Å². The molecule has 0 radical (unpaired) electrons. The summed E-state index contributed by atoms with van der Waals surface area (Å²) < 4.78 is 1.71. The Bertz CT molecular complexity index is 567. The normalized spacial score (nSPS) is 26.2. The molecule has 1 aromatic heterocycles. The Hall–Kier alpha value is -1.69. The second kappa shape index (κ2) is 4.77. The number of imidazole rings is 1. The van der Waals surface area contributed by atoms with Gasteiger partial charge in [0.1, 0.15) is 24.1 Å². The molecular formula is C14H16N2O3. The van der Waals surface area contributed by atoms with E-state index in [4.69, 9.17) is 0 Å². The third kappa shape index (κ3) is 2.28. The maximum Gasteiger partial charge on any atom is 0.140 e. The molecular weight excluding hydrogens is 244 g/mol. The molecule has 5 nitrogen and oxygen atoms in total. The molecule has 5 heteroatoms. The number of aromatic nitrogens is 2. The Balaban J connectivity index is 1.87. The maximum absolute atomic E-state index is 9.89. The lowest BCUT2D eigenvalue weighted by molar-refractivity contribution is -0.0854. The predicted molar refractivity (Wildman–Crippen MR) is 68.4 cm³/mol. The predicted octanol–water partition coefficient (Wildman–Crippen LogP) is 0.243. The van der Waals surface area contributed by atoms with E-state index in [9.17, 15) is 15.3 Å². The first-order valence-electron chi connectivity index (χ1n) is 6.29. The molecule has 0 saturated carbocycles. The Morgan fingerprint density at radius 1 is 1.16 bits per heavy atom. The van der Waals surface area contributed by atoms with Crippen molar-refractivity contribution in [3.63, 3.8) is 0 Å². The molecule has 0 bridgehead atoms. The molecule has 0 unspecified atom stereocenters. The van der Waals surface area contributed by atoms with Gasteiger partial charge in [-0.3, -0.25) is 0 Å². The van der Waals surface area contributed by atoms with Crippen LogP contribution >= 0.6 is 0 Å². The SMILES string of the molecule is O[C@H]1[C@@H](O)Cn2cc(Cc3ccccc3)nc2[C@@H]1O. The lowest BCUT2D eigenvalue weighted by atomic mass is 10.0. The van der Waals surface area contributed by atoms with Crippen LogP contribution in [0.1, 0.15) is 23.2 Å². The van der Waals surface area contributed by atoms with E-state index in [0.717, 1.165) is 11.3 Å². The van der Waals surface area contributed by atoms with Crippen molar-refractivity contribution >= 4 is 0 Å². The van der Waals surface area contributed by atoms with Crippen molar-refractivity contribution in [2.75, 3.05) is 0 Å². The Morgan fingerprint density at radius 3 is 2.63 bits per heavy atom. The first-order chi connectivity index (χ1) is 9.15. The highest BCUT2D eigenvalue weighted by molar-refractivity contribution is 5.22.